The first-order valence-electron chi connectivity index (χ1n) is 8.70. The molecule has 0 saturated carbocycles. The van der Waals surface area contributed by atoms with E-state index in [1.165, 1.54) is 17.8 Å². The summed E-state index contributed by atoms with van der Waals surface area (Å²) in [6.07, 6.45) is 0.454. The second-order valence-corrected chi connectivity index (χ2v) is 6.41. The lowest BCUT2D eigenvalue weighted by Crippen LogP contribution is -2.33. The Hall–Kier alpha value is -2.11. The molecule has 1 aliphatic rings. The van der Waals surface area contributed by atoms with Gasteiger partial charge in [0.1, 0.15) is 11.6 Å². The zero-order valence-electron chi connectivity index (χ0n) is 14.6. The van der Waals surface area contributed by atoms with Gasteiger partial charge in [-0.2, -0.15) is 0 Å². The average molecular weight is 344 g/mol. The van der Waals surface area contributed by atoms with Crippen LogP contribution in [-0.2, 0) is 0 Å². The molecule has 25 heavy (non-hydrogen) atoms. The van der Waals surface area contributed by atoms with Gasteiger partial charge in [-0.05, 0) is 48.4 Å². The van der Waals surface area contributed by atoms with Crippen LogP contribution >= 0.6 is 0 Å². The standard InChI is InChI=1S/C20H25FN2O2/c1-25-19-9-7-18(8-10-19)23-12-2-11-22(13-14-23)15-20(24)16-3-5-17(21)6-4-16/h3-10,20,24H,2,11-15H2,1H3. The third kappa shape index (κ3) is 4.71. The van der Waals surface area contributed by atoms with E-state index in [-0.39, 0.29) is 5.82 Å². The molecule has 1 N–H and O–H groups in total. The van der Waals surface area contributed by atoms with E-state index in [4.69, 9.17) is 4.74 Å². The van der Waals surface area contributed by atoms with Crippen LogP contribution in [0.3, 0.4) is 0 Å². The third-order valence-electron chi connectivity index (χ3n) is 4.71. The van der Waals surface area contributed by atoms with Crippen molar-refractivity contribution >= 4 is 5.69 Å². The molecule has 0 radical (unpaired) electrons. The molecule has 1 unspecified atom stereocenters. The number of aliphatic hydroxyl groups excluding tert-OH is 1. The minimum absolute atomic E-state index is 0.277. The molecule has 1 saturated heterocycles. The summed E-state index contributed by atoms with van der Waals surface area (Å²) in [6, 6.07) is 14.2. The van der Waals surface area contributed by atoms with Crippen LogP contribution in [0.25, 0.3) is 0 Å². The maximum Gasteiger partial charge on any atom is 0.123 e. The van der Waals surface area contributed by atoms with E-state index in [1.54, 1.807) is 19.2 Å². The van der Waals surface area contributed by atoms with E-state index in [1.807, 2.05) is 12.1 Å². The van der Waals surface area contributed by atoms with Gasteiger partial charge in [-0.15, -0.1) is 0 Å². The summed E-state index contributed by atoms with van der Waals surface area (Å²) in [7, 11) is 1.67. The summed E-state index contributed by atoms with van der Waals surface area (Å²) < 4.78 is 18.2. The predicted octanol–water partition coefficient (Wildman–Crippen LogP) is 3.08. The van der Waals surface area contributed by atoms with Gasteiger partial charge < -0.3 is 14.7 Å². The smallest absolute Gasteiger partial charge is 0.123 e. The maximum absolute atomic E-state index is 13.0. The Bertz CT molecular complexity index is 660. The number of ether oxygens (including phenoxy) is 1. The van der Waals surface area contributed by atoms with E-state index < -0.39 is 6.10 Å². The number of β-amino-alcohol motifs (C(OH)–C–C–N with tert-alkyl or cyclic N) is 1. The van der Waals surface area contributed by atoms with Crippen LogP contribution in [0.1, 0.15) is 18.1 Å². The van der Waals surface area contributed by atoms with Crippen molar-refractivity contribution in [3.05, 3.63) is 59.9 Å². The van der Waals surface area contributed by atoms with Gasteiger partial charge in [0.15, 0.2) is 0 Å². The van der Waals surface area contributed by atoms with Crippen LogP contribution in [0.15, 0.2) is 48.5 Å². The molecule has 2 aromatic rings. The highest BCUT2D eigenvalue weighted by Gasteiger charge is 2.18. The number of hydrogen-bond donors (Lipinski definition) is 1. The molecule has 1 heterocycles. The quantitative estimate of drug-likeness (QED) is 0.904. The van der Waals surface area contributed by atoms with E-state index in [0.717, 1.165) is 43.9 Å². The fourth-order valence-electron chi connectivity index (χ4n) is 3.24. The van der Waals surface area contributed by atoms with Gasteiger partial charge in [0, 0.05) is 38.4 Å². The highest BCUT2D eigenvalue weighted by Crippen LogP contribution is 2.21. The average Bonchev–Trinajstić information content (AvgIpc) is 2.88. The van der Waals surface area contributed by atoms with Crippen molar-refractivity contribution in [3.8, 4) is 5.75 Å². The van der Waals surface area contributed by atoms with Crippen LogP contribution < -0.4 is 9.64 Å². The summed E-state index contributed by atoms with van der Waals surface area (Å²) in [5, 5.41) is 10.4. The van der Waals surface area contributed by atoms with E-state index in [9.17, 15) is 9.50 Å². The molecule has 2 aromatic carbocycles. The molecule has 4 nitrogen and oxygen atoms in total. The lowest BCUT2D eigenvalue weighted by molar-refractivity contribution is 0.117. The molecule has 134 valence electrons. The fourth-order valence-corrected chi connectivity index (χ4v) is 3.24. The third-order valence-corrected chi connectivity index (χ3v) is 4.71. The van der Waals surface area contributed by atoms with Gasteiger partial charge in [-0.25, -0.2) is 4.39 Å². The molecule has 5 heteroatoms. The number of benzene rings is 2. The Morgan fingerprint density at radius 3 is 2.40 bits per heavy atom. The molecule has 0 aromatic heterocycles. The van der Waals surface area contributed by atoms with Crippen molar-refractivity contribution in [1.29, 1.82) is 0 Å². The SMILES string of the molecule is COc1ccc(N2CCCN(CC(O)c3ccc(F)cc3)CC2)cc1. The van der Waals surface area contributed by atoms with Gasteiger partial charge in [0.2, 0.25) is 0 Å². The maximum atomic E-state index is 13.0. The summed E-state index contributed by atoms with van der Waals surface area (Å²) in [6.45, 7) is 4.33. The number of methoxy groups -OCH3 is 1. The molecule has 0 bridgehead atoms. The van der Waals surface area contributed by atoms with Crippen LogP contribution in [0.5, 0.6) is 5.75 Å². The van der Waals surface area contributed by atoms with Gasteiger partial charge in [0.25, 0.3) is 0 Å². The number of aliphatic hydroxyl groups is 1. The van der Waals surface area contributed by atoms with Crippen LogP contribution in [0.4, 0.5) is 10.1 Å². The van der Waals surface area contributed by atoms with Crippen molar-refractivity contribution in [3.63, 3.8) is 0 Å². The van der Waals surface area contributed by atoms with Crippen LogP contribution in [0.2, 0.25) is 0 Å². The van der Waals surface area contributed by atoms with E-state index >= 15 is 0 Å². The number of halogens is 1. The second-order valence-electron chi connectivity index (χ2n) is 6.41. The topological polar surface area (TPSA) is 35.9 Å². The Kier molecular flexibility index (Phi) is 5.89. The van der Waals surface area contributed by atoms with E-state index in [2.05, 4.69) is 21.9 Å². The summed E-state index contributed by atoms with van der Waals surface area (Å²) in [5.74, 6) is 0.587. The van der Waals surface area contributed by atoms with Crippen LogP contribution in [-0.4, -0.2) is 49.8 Å². The lowest BCUT2D eigenvalue weighted by Gasteiger charge is -2.25. The molecule has 0 amide bonds. The summed E-state index contributed by atoms with van der Waals surface area (Å²) >= 11 is 0. The Labute approximate surface area is 148 Å². The van der Waals surface area contributed by atoms with Gasteiger partial charge in [-0.1, -0.05) is 12.1 Å². The van der Waals surface area contributed by atoms with Gasteiger partial charge in [0.05, 0.1) is 13.2 Å². The van der Waals surface area contributed by atoms with Gasteiger partial charge in [-0.3, -0.25) is 4.90 Å². The van der Waals surface area contributed by atoms with Crippen molar-refractivity contribution in [2.45, 2.75) is 12.5 Å². The largest absolute Gasteiger partial charge is 0.497 e. The van der Waals surface area contributed by atoms with E-state index in [0.29, 0.717) is 6.54 Å². The molecule has 3 rings (SSSR count). The summed E-state index contributed by atoms with van der Waals surface area (Å²) in [4.78, 5) is 4.64. The van der Waals surface area contributed by atoms with Gasteiger partial charge >= 0.3 is 0 Å². The molecule has 1 fully saturated rings. The molecule has 0 spiro atoms. The minimum atomic E-state index is -0.590. The predicted molar refractivity (Wildman–Crippen MR) is 97.6 cm³/mol. The molecular weight excluding hydrogens is 319 g/mol. The first-order chi connectivity index (χ1) is 12.2. The number of rotatable bonds is 5. The first-order valence-corrected chi connectivity index (χ1v) is 8.70. The number of nitrogens with zero attached hydrogens (tertiary/aromatic N) is 2. The Morgan fingerprint density at radius 2 is 1.72 bits per heavy atom. The summed E-state index contributed by atoms with van der Waals surface area (Å²) in [5.41, 5.74) is 1.96. The number of anilines is 1. The van der Waals surface area contributed by atoms with Crippen molar-refractivity contribution < 1.29 is 14.2 Å². The number of hydrogen-bond acceptors (Lipinski definition) is 4. The monoisotopic (exact) mass is 344 g/mol. The Balaban J connectivity index is 1.56. The van der Waals surface area contributed by atoms with Crippen LogP contribution in [0, 0.1) is 5.82 Å². The van der Waals surface area contributed by atoms with Crippen molar-refractivity contribution in [2.75, 3.05) is 44.7 Å². The fraction of sp³-hybridized carbons (Fsp3) is 0.400. The second kappa shape index (κ2) is 8.32. The lowest BCUT2D eigenvalue weighted by atomic mass is 10.1. The molecule has 0 aliphatic carbocycles. The Morgan fingerprint density at radius 1 is 1.00 bits per heavy atom. The molecular formula is C20H25FN2O2. The highest BCUT2D eigenvalue weighted by atomic mass is 19.1. The molecule has 1 aliphatic heterocycles. The van der Waals surface area contributed by atoms with Crippen molar-refractivity contribution in [1.82, 2.24) is 4.90 Å². The minimum Gasteiger partial charge on any atom is -0.497 e. The highest BCUT2D eigenvalue weighted by molar-refractivity contribution is 5.49. The zero-order chi connectivity index (χ0) is 17.6. The van der Waals surface area contributed by atoms with Crippen molar-refractivity contribution in [2.24, 2.45) is 0 Å². The zero-order valence-corrected chi connectivity index (χ0v) is 14.6. The normalized spacial score (nSPS) is 17.2. The first kappa shape index (κ1) is 17.7. The molecule has 1 atom stereocenters.